The van der Waals surface area contributed by atoms with Crippen molar-refractivity contribution in [3.8, 4) is 0 Å². The Hall–Kier alpha value is -2.57. The lowest BCUT2D eigenvalue weighted by atomic mass is 10.2. The fourth-order valence-electron chi connectivity index (χ4n) is 2.65. The van der Waals surface area contributed by atoms with Crippen molar-refractivity contribution in [2.24, 2.45) is 14.1 Å². The molecule has 1 aromatic heterocycles. The van der Waals surface area contributed by atoms with Gasteiger partial charge in [-0.3, -0.25) is 13.9 Å². The second-order valence-electron chi connectivity index (χ2n) is 5.74. The summed E-state index contributed by atoms with van der Waals surface area (Å²) in [7, 11) is 3.41. The number of rotatable bonds is 5. The van der Waals surface area contributed by atoms with Gasteiger partial charge in [0.15, 0.2) is 0 Å². The van der Waals surface area contributed by atoms with Gasteiger partial charge in [0.1, 0.15) is 6.61 Å². The Kier molecular flexibility index (Phi) is 4.92. The van der Waals surface area contributed by atoms with Crippen LogP contribution in [-0.2, 0) is 30.2 Å². The second kappa shape index (κ2) is 7.13. The van der Waals surface area contributed by atoms with Crippen molar-refractivity contribution in [1.29, 1.82) is 0 Å². The molecule has 25 heavy (non-hydrogen) atoms. The zero-order valence-corrected chi connectivity index (χ0v) is 14.7. The molecule has 1 amide bonds. The highest BCUT2D eigenvalue weighted by Crippen LogP contribution is 2.18. The van der Waals surface area contributed by atoms with E-state index in [4.69, 9.17) is 16.3 Å². The van der Waals surface area contributed by atoms with E-state index < -0.39 is 0 Å². The summed E-state index contributed by atoms with van der Waals surface area (Å²) in [6.45, 7) is 0.177. The molecule has 3 aromatic rings. The molecule has 6 nitrogen and oxygen atoms in total. The molecule has 0 aliphatic heterocycles. The quantitative estimate of drug-likeness (QED) is 0.761. The Morgan fingerprint density at radius 1 is 1.12 bits per heavy atom. The SMILES string of the molecule is Cn1c(=O)n(C)c2cc(NC(=O)COCc3ccccc3Cl)ccc21. The van der Waals surface area contributed by atoms with E-state index in [9.17, 15) is 9.59 Å². The zero-order valence-electron chi connectivity index (χ0n) is 14.0. The van der Waals surface area contributed by atoms with Crippen LogP contribution in [0.15, 0.2) is 47.3 Å². The molecule has 0 unspecified atom stereocenters. The van der Waals surface area contributed by atoms with Crippen LogP contribution in [0.5, 0.6) is 0 Å². The minimum atomic E-state index is -0.271. The highest BCUT2D eigenvalue weighted by Gasteiger charge is 2.10. The molecule has 0 aliphatic carbocycles. The van der Waals surface area contributed by atoms with Crippen LogP contribution < -0.4 is 11.0 Å². The lowest BCUT2D eigenvalue weighted by Crippen LogP contribution is -2.19. The Bertz CT molecular complexity index is 991. The van der Waals surface area contributed by atoms with Crippen LogP contribution in [0.25, 0.3) is 11.0 Å². The highest BCUT2D eigenvalue weighted by atomic mass is 35.5. The number of halogens is 1. The Balaban J connectivity index is 1.63. The maximum Gasteiger partial charge on any atom is 0.328 e. The normalized spacial score (nSPS) is 11.0. The number of hydrogen-bond acceptors (Lipinski definition) is 3. The van der Waals surface area contributed by atoms with Crippen LogP contribution in [0, 0.1) is 0 Å². The topological polar surface area (TPSA) is 65.3 Å². The summed E-state index contributed by atoms with van der Waals surface area (Å²) < 4.78 is 8.52. The van der Waals surface area contributed by atoms with Crippen LogP contribution >= 0.6 is 11.6 Å². The van der Waals surface area contributed by atoms with Crippen LogP contribution in [0.4, 0.5) is 5.69 Å². The minimum Gasteiger partial charge on any atom is -0.367 e. The van der Waals surface area contributed by atoms with Crippen molar-refractivity contribution in [2.75, 3.05) is 11.9 Å². The predicted octanol–water partition coefficient (Wildman–Crippen LogP) is 2.69. The summed E-state index contributed by atoms with van der Waals surface area (Å²) in [5, 5.41) is 3.38. The van der Waals surface area contributed by atoms with Crippen LogP contribution in [-0.4, -0.2) is 21.6 Å². The molecular weight excluding hydrogens is 342 g/mol. The predicted molar refractivity (Wildman–Crippen MR) is 97.9 cm³/mol. The average Bonchev–Trinajstić information content (AvgIpc) is 2.81. The van der Waals surface area contributed by atoms with Gasteiger partial charge >= 0.3 is 5.69 Å². The Morgan fingerprint density at radius 2 is 1.84 bits per heavy atom. The van der Waals surface area contributed by atoms with Gasteiger partial charge in [-0.1, -0.05) is 29.8 Å². The molecule has 0 radical (unpaired) electrons. The number of carbonyl (C=O) groups excluding carboxylic acids is 1. The van der Waals surface area contributed by atoms with E-state index in [1.807, 2.05) is 18.2 Å². The first kappa shape index (κ1) is 17.3. The molecule has 3 rings (SSSR count). The molecule has 0 bridgehead atoms. The van der Waals surface area contributed by atoms with Gasteiger partial charge in [-0.25, -0.2) is 4.79 Å². The van der Waals surface area contributed by atoms with Crippen molar-refractivity contribution in [1.82, 2.24) is 9.13 Å². The summed E-state index contributed by atoms with van der Waals surface area (Å²) in [6, 6.07) is 12.7. The van der Waals surface area contributed by atoms with E-state index >= 15 is 0 Å². The molecule has 0 aliphatic rings. The van der Waals surface area contributed by atoms with E-state index in [0.717, 1.165) is 16.6 Å². The molecule has 1 N–H and O–H groups in total. The van der Waals surface area contributed by atoms with E-state index in [-0.39, 0.29) is 24.8 Å². The smallest absolute Gasteiger partial charge is 0.328 e. The molecule has 2 aromatic carbocycles. The number of anilines is 1. The third-order valence-electron chi connectivity index (χ3n) is 4.00. The summed E-state index contributed by atoms with van der Waals surface area (Å²) in [5.41, 5.74) is 2.89. The fraction of sp³-hybridized carbons (Fsp3) is 0.222. The molecule has 130 valence electrons. The van der Waals surface area contributed by atoms with Gasteiger partial charge in [0.2, 0.25) is 5.91 Å². The third kappa shape index (κ3) is 3.60. The number of aryl methyl sites for hydroxylation is 2. The van der Waals surface area contributed by atoms with E-state index in [1.54, 1.807) is 47.5 Å². The Labute approximate surface area is 149 Å². The first-order valence-corrected chi connectivity index (χ1v) is 8.11. The fourth-order valence-corrected chi connectivity index (χ4v) is 2.84. The van der Waals surface area contributed by atoms with Crippen LogP contribution in [0.1, 0.15) is 5.56 Å². The lowest BCUT2D eigenvalue weighted by Gasteiger charge is -2.08. The number of amides is 1. The van der Waals surface area contributed by atoms with E-state index in [0.29, 0.717) is 10.7 Å². The molecular formula is C18H18ClN3O3. The number of ether oxygens (including phenoxy) is 1. The van der Waals surface area contributed by atoms with Crippen molar-refractivity contribution in [3.05, 3.63) is 63.5 Å². The summed E-state index contributed by atoms with van der Waals surface area (Å²) in [6.07, 6.45) is 0. The van der Waals surface area contributed by atoms with Crippen molar-refractivity contribution >= 4 is 34.2 Å². The third-order valence-corrected chi connectivity index (χ3v) is 4.37. The number of carbonyl (C=O) groups is 1. The maximum absolute atomic E-state index is 12.0. The minimum absolute atomic E-state index is 0.0863. The number of aromatic nitrogens is 2. The number of imidazole rings is 1. The maximum atomic E-state index is 12.0. The molecule has 7 heteroatoms. The molecule has 0 atom stereocenters. The summed E-state index contributed by atoms with van der Waals surface area (Å²) in [5.74, 6) is -0.271. The van der Waals surface area contributed by atoms with Gasteiger partial charge in [0, 0.05) is 24.8 Å². The molecule has 0 fully saturated rings. The molecule has 0 spiro atoms. The molecule has 0 saturated heterocycles. The van der Waals surface area contributed by atoms with Gasteiger partial charge in [0.25, 0.3) is 0 Å². The summed E-state index contributed by atoms with van der Waals surface area (Å²) in [4.78, 5) is 24.0. The van der Waals surface area contributed by atoms with E-state index in [2.05, 4.69) is 5.32 Å². The summed E-state index contributed by atoms with van der Waals surface area (Å²) >= 11 is 6.04. The number of fused-ring (bicyclic) bond motifs is 1. The van der Waals surface area contributed by atoms with Crippen LogP contribution in [0.3, 0.4) is 0 Å². The van der Waals surface area contributed by atoms with Gasteiger partial charge in [-0.15, -0.1) is 0 Å². The standard InChI is InChI=1S/C18H18ClN3O3/c1-21-15-8-7-13(9-16(15)22(2)18(21)24)20-17(23)11-25-10-12-5-3-4-6-14(12)19/h3-9H,10-11H2,1-2H3,(H,20,23). The van der Waals surface area contributed by atoms with E-state index in [1.165, 1.54) is 0 Å². The lowest BCUT2D eigenvalue weighted by molar-refractivity contribution is -0.121. The molecule has 0 saturated carbocycles. The number of nitrogens with zero attached hydrogens (tertiary/aromatic N) is 2. The molecule has 1 heterocycles. The number of benzene rings is 2. The second-order valence-corrected chi connectivity index (χ2v) is 6.14. The van der Waals surface area contributed by atoms with Gasteiger partial charge in [-0.05, 0) is 29.8 Å². The first-order valence-electron chi connectivity index (χ1n) is 7.74. The van der Waals surface area contributed by atoms with Gasteiger partial charge < -0.3 is 10.1 Å². The van der Waals surface area contributed by atoms with Crippen LogP contribution in [0.2, 0.25) is 5.02 Å². The average molecular weight is 360 g/mol. The largest absolute Gasteiger partial charge is 0.367 e. The number of hydrogen-bond donors (Lipinski definition) is 1. The number of nitrogens with one attached hydrogen (secondary N) is 1. The van der Waals surface area contributed by atoms with Crippen molar-refractivity contribution in [2.45, 2.75) is 6.61 Å². The zero-order chi connectivity index (χ0) is 18.0. The van der Waals surface area contributed by atoms with Gasteiger partial charge in [0.05, 0.1) is 17.6 Å². The first-order chi connectivity index (χ1) is 12.0. The van der Waals surface area contributed by atoms with Gasteiger partial charge in [-0.2, -0.15) is 0 Å². The monoisotopic (exact) mass is 359 g/mol. The Morgan fingerprint density at radius 3 is 2.60 bits per heavy atom. The highest BCUT2D eigenvalue weighted by molar-refractivity contribution is 6.31. The van der Waals surface area contributed by atoms with Crippen molar-refractivity contribution < 1.29 is 9.53 Å². The van der Waals surface area contributed by atoms with Crippen molar-refractivity contribution in [3.63, 3.8) is 0 Å².